The number of carbonyl (C=O) groups is 1. The SMILES string of the molecule is CN(C)c1ccccc1NC(=O)c1cc(Cl)ncc1Cl. The molecule has 1 aromatic carbocycles. The van der Waals surface area contributed by atoms with Gasteiger partial charge in [0.25, 0.3) is 5.91 Å². The predicted molar refractivity (Wildman–Crippen MR) is 83.0 cm³/mol. The maximum absolute atomic E-state index is 12.3. The number of halogens is 2. The molecule has 6 heteroatoms. The van der Waals surface area contributed by atoms with E-state index in [1.54, 1.807) is 0 Å². The molecule has 20 heavy (non-hydrogen) atoms. The molecule has 1 aromatic heterocycles. The number of hydrogen-bond acceptors (Lipinski definition) is 3. The third kappa shape index (κ3) is 3.21. The lowest BCUT2D eigenvalue weighted by Crippen LogP contribution is -2.17. The van der Waals surface area contributed by atoms with E-state index in [2.05, 4.69) is 10.3 Å². The lowest BCUT2D eigenvalue weighted by molar-refractivity contribution is 0.102. The van der Waals surface area contributed by atoms with Crippen LogP contribution in [0.15, 0.2) is 36.5 Å². The van der Waals surface area contributed by atoms with Gasteiger partial charge in [-0.25, -0.2) is 4.98 Å². The van der Waals surface area contributed by atoms with Crippen LogP contribution < -0.4 is 10.2 Å². The first-order valence-electron chi connectivity index (χ1n) is 5.88. The molecular formula is C14H13Cl2N3O. The van der Waals surface area contributed by atoms with Crippen LogP contribution in [0.25, 0.3) is 0 Å². The van der Waals surface area contributed by atoms with Crippen molar-refractivity contribution >= 4 is 40.5 Å². The number of aromatic nitrogens is 1. The summed E-state index contributed by atoms with van der Waals surface area (Å²) in [5, 5.41) is 3.31. The maximum atomic E-state index is 12.3. The van der Waals surface area contributed by atoms with Gasteiger partial charge in [0.1, 0.15) is 5.15 Å². The number of amides is 1. The zero-order valence-electron chi connectivity index (χ0n) is 11.0. The number of nitrogens with one attached hydrogen (secondary N) is 1. The van der Waals surface area contributed by atoms with E-state index in [1.165, 1.54) is 12.3 Å². The highest BCUT2D eigenvalue weighted by atomic mass is 35.5. The third-order valence-corrected chi connectivity index (χ3v) is 3.21. The molecule has 2 aromatic rings. The summed E-state index contributed by atoms with van der Waals surface area (Å²) in [5.41, 5.74) is 1.89. The topological polar surface area (TPSA) is 45.2 Å². The lowest BCUT2D eigenvalue weighted by Gasteiger charge is -2.17. The molecule has 4 nitrogen and oxygen atoms in total. The molecule has 1 heterocycles. The minimum absolute atomic E-state index is 0.223. The molecule has 0 radical (unpaired) electrons. The van der Waals surface area contributed by atoms with Gasteiger partial charge in [-0.15, -0.1) is 0 Å². The Bertz CT molecular complexity index is 644. The van der Waals surface area contributed by atoms with E-state index in [0.717, 1.165) is 5.69 Å². The van der Waals surface area contributed by atoms with Gasteiger partial charge < -0.3 is 10.2 Å². The van der Waals surface area contributed by atoms with E-state index in [1.807, 2.05) is 43.3 Å². The van der Waals surface area contributed by atoms with E-state index in [9.17, 15) is 4.79 Å². The minimum Gasteiger partial charge on any atom is -0.376 e. The van der Waals surface area contributed by atoms with Crippen molar-refractivity contribution in [3.05, 3.63) is 52.3 Å². The zero-order chi connectivity index (χ0) is 14.7. The highest BCUT2D eigenvalue weighted by molar-refractivity contribution is 6.35. The Morgan fingerprint density at radius 2 is 1.95 bits per heavy atom. The number of anilines is 2. The van der Waals surface area contributed by atoms with Crippen molar-refractivity contribution in [1.29, 1.82) is 0 Å². The van der Waals surface area contributed by atoms with Gasteiger partial charge in [-0.1, -0.05) is 35.3 Å². The van der Waals surface area contributed by atoms with Crippen LogP contribution in [-0.2, 0) is 0 Å². The van der Waals surface area contributed by atoms with Crippen molar-refractivity contribution in [2.45, 2.75) is 0 Å². The fourth-order valence-electron chi connectivity index (χ4n) is 1.75. The van der Waals surface area contributed by atoms with Crippen molar-refractivity contribution in [3.8, 4) is 0 Å². The number of pyridine rings is 1. The standard InChI is InChI=1S/C14H13Cl2N3O/c1-19(2)12-6-4-3-5-11(12)18-14(20)9-7-13(16)17-8-10(9)15/h3-8H,1-2H3,(H,18,20). The molecule has 0 fully saturated rings. The van der Waals surface area contributed by atoms with Crippen LogP contribution in [0.3, 0.4) is 0 Å². The van der Waals surface area contributed by atoms with Crippen molar-refractivity contribution in [3.63, 3.8) is 0 Å². The van der Waals surface area contributed by atoms with Crippen LogP contribution >= 0.6 is 23.2 Å². The minimum atomic E-state index is -0.325. The average Bonchev–Trinajstić information content (AvgIpc) is 2.41. The van der Waals surface area contributed by atoms with E-state index in [4.69, 9.17) is 23.2 Å². The Morgan fingerprint density at radius 3 is 2.65 bits per heavy atom. The highest BCUT2D eigenvalue weighted by Crippen LogP contribution is 2.25. The molecule has 104 valence electrons. The Labute approximate surface area is 127 Å². The summed E-state index contributed by atoms with van der Waals surface area (Å²) in [4.78, 5) is 18.0. The Balaban J connectivity index is 2.31. The molecule has 0 saturated heterocycles. The Hall–Kier alpha value is -1.78. The van der Waals surface area contributed by atoms with Gasteiger partial charge in [-0.2, -0.15) is 0 Å². The zero-order valence-corrected chi connectivity index (χ0v) is 12.5. The number of hydrogen-bond donors (Lipinski definition) is 1. The maximum Gasteiger partial charge on any atom is 0.257 e. The largest absolute Gasteiger partial charge is 0.376 e. The summed E-state index contributed by atoms with van der Waals surface area (Å²) in [6, 6.07) is 8.93. The van der Waals surface area contributed by atoms with Gasteiger partial charge >= 0.3 is 0 Å². The summed E-state index contributed by atoms with van der Waals surface area (Å²) in [6.07, 6.45) is 1.36. The van der Waals surface area contributed by atoms with Crippen molar-refractivity contribution in [1.82, 2.24) is 4.98 Å². The first-order chi connectivity index (χ1) is 9.49. The molecule has 1 N–H and O–H groups in total. The third-order valence-electron chi connectivity index (χ3n) is 2.70. The van der Waals surface area contributed by atoms with Gasteiger partial charge in [0.15, 0.2) is 0 Å². The fraction of sp³-hybridized carbons (Fsp3) is 0.143. The van der Waals surface area contributed by atoms with Gasteiger partial charge in [0.05, 0.1) is 22.0 Å². The molecule has 0 bridgehead atoms. The quantitative estimate of drug-likeness (QED) is 0.879. The van der Waals surface area contributed by atoms with Crippen LogP contribution in [-0.4, -0.2) is 25.0 Å². The van der Waals surface area contributed by atoms with Crippen molar-refractivity contribution < 1.29 is 4.79 Å². The molecule has 0 atom stereocenters. The first-order valence-corrected chi connectivity index (χ1v) is 6.63. The summed E-state index contributed by atoms with van der Waals surface area (Å²) < 4.78 is 0. The van der Waals surface area contributed by atoms with Crippen LogP contribution in [0, 0.1) is 0 Å². The summed E-state index contributed by atoms with van der Waals surface area (Å²) >= 11 is 11.8. The molecule has 2 rings (SSSR count). The van der Waals surface area contributed by atoms with E-state index >= 15 is 0 Å². The molecule has 0 saturated carbocycles. The second-order valence-electron chi connectivity index (χ2n) is 4.35. The Kier molecular flexibility index (Phi) is 4.47. The smallest absolute Gasteiger partial charge is 0.257 e. The molecule has 0 aliphatic heterocycles. The Morgan fingerprint density at radius 1 is 1.25 bits per heavy atom. The molecular weight excluding hydrogens is 297 g/mol. The number of para-hydroxylation sites is 2. The molecule has 0 spiro atoms. The number of nitrogens with zero attached hydrogens (tertiary/aromatic N) is 2. The van der Waals surface area contributed by atoms with Crippen molar-refractivity contribution in [2.24, 2.45) is 0 Å². The predicted octanol–water partition coefficient (Wildman–Crippen LogP) is 3.71. The highest BCUT2D eigenvalue weighted by Gasteiger charge is 2.14. The van der Waals surface area contributed by atoms with E-state index in [-0.39, 0.29) is 16.1 Å². The number of benzene rings is 1. The van der Waals surface area contributed by atoms with Crippen LogP contribution in [0.5, 0.6) is 0 Å². The molecule has 0 aliphatic carbocycles. The van der Waals surface area contributed by atoms with Crippen molar-refractivity contribution in [2.75, 3.05) is 24.3 Å². The van der Waals surface area contributed by atoms with Gasteiger partial charge in [-0.05, 0) is 18.2 Å². The normalized spacial score (nSPS) is 10.2. The molecule has 1 amide bonds. The second-order valence-corrected chi connectivity index (χ2v) is 5.15. The fourth-order valence-corrected chi connectivity index (χ4v) is 2.09. The lowest BCUT2D eigenvalue weighted by atomic mass is 10.2. The average molecular weight is 310 g/mol. The molecule has 0 aliphatic rings. The van der Waals surface area contributed by atoms with Gasteiger partial charge in [0, 0.05) is 20.3 Å². The van der Waals surface area contributed by atoms with E-state index in [0.29, 0.717) is 11.3 Å². The van der Waals surface area contributed by atoms with E-state index < -0.39 is 0 Å². The number of rotatable bonds is 3. The van der Waals surface area contributed by atoms with Crippen LogP contribution in [0.4, 0.5) is 11.4 Å². The molecule has 0 unspecified atom stereocenters. The second kappa shape index (κ2) is 6.11. The van der Waals surface area contributed by atoms with Gasteiger partial charge in [0.2, 0.25) is 0 Å². The monoisotopic (exact) mass is 309 g/mol. The summed E-state index contributed by atoms with van der Waals surface area (Å²) in [5.74, 6) is -0.325. The number of carbonyl (C=O) groups excluding carboxylic acids is 1. The van der Waals surface area contributed by atoms with Crippen LogP contribution in [0.2, 0.25) is 10.2 Å². The van der Waals surface area contributed by atoms with Gasteiger partial charge in [-0.3, -0.25) is 4.79 Å². The summed E-state index contributed by atoms with van der Waals surface area (Å²) in [6.45, 7) is 0. The summed E-state index contributed by atoms with van der Waals surface area (Å²) in [7, 11) is 3.81. The van der Waals surface area contributed by atoms with Crippen LogP contribution in [0.1, 0.15) is 10.4 Å². The first kappa shape index (κ1) is 14.6.